The van der Waals surface area contributed by atoms with Gasteiger partial charge in [0.15, 0.2) is 5.82 Å². The summed E-state index contributed by atoms with van der Waals surface area (Å²) in [6.07, 6.45) is 3.65. The molecule has 3 aliphatic heterocycles. The summed E-state index contributed by atoms with van der Waals surface area (Å²) in [5, 5.41) is 5.24. The van der Waals surface area contributed by atoms with E-state index in [4.69, 9.17) is 26.1 Å². The number of likely N-dealkylation sites (tertiary alicyclic amines) is 1. The molecule has 268 valence electrons. The molecule has 1 aliphatic carbocycles. The zero-order chi connectivity index (χ0) is 35.7. The zero-order valence-corrected chi connectivity index (χ0v) is 28.5. The maximum Gasteiger partial charge on any atom is 0.522 e. The summed E-state index contributed by atoms with van der Waals surface area (Å²) in [6.45, 7) is 7.15. The number of hydrogen-bond donors (Lipinski definition) is 1. The third-order valence-corrected chi connectivity index (χ3v) is 11.1. The fraction of sp³-hybridized carbons (Fsp3) is 0.500. The summed E-state index contributed by atoms with van der Waals surface area (Å²) in [4.78, 5) is 18.8. The van der Waals surface area contributed by atoms with Crippen LogP contribution in [0.5, 0.6) is 6.01 Å². The minimum atomic E-state index is -4.66. The van der Waals surface area contributed by atoms with Gasteiger partial charge in [-0.05, 0) is 49.5 Å². The van der Waals surface area contributed by atoms with Gasteiger partial charge in [-0.1, -0.05) is 44.0 Å². The van der Waals surface area contributed by atoms with Crippen LogP contribution in [-0.2, 0) is 11.2 Å². The molecule has 3 fully saturated rings. The second-order valence-electron chi connectivity index (χ2n) is 14.7. The number of pyridine rings is 1. The Balaban J connectivity index is 1.20. The number of rotatable bonds is 8. The number of hydrogen-bond acceptors (Lipinski definition) is 8. The summed E-state index contributed by atoms with van der Waals surface area (Å²) in [7, 11) is 0. The number of benzene rings is 2. The molecule has 2 aromatic carbocycles. The van der Waals surface area contributed by atoms with Gasteiger partial charge in [0.25, 0.3) is 0 Å². The molecule has 4 atom stereocenters. The van der Waals surface area contributed by atoms with Crippen LogP contribution in [0, 0.1) is 35.3 Å². The molecule has 4 aliphatic rings. The lowest BCUT2D eigenvalue weighted by Gasteiger charge is -2.42. The SMILES string of the molecule is C#Cc1c(F)ccc2cccc(-c3nc4c5c(nc(OCC6(CN7CC[C@H](OC(F)(F)F)C7)CC6)nc5c3F)N3C[C@@H](CC)NC[C@@H]3[C@@H](C)C4)c12. The number of terminal acetylenes is 1. The van der Waals surface area contributed by atoms with Crippen molar-refractivity contribution in [3.63, 3.8) is 0 Å². The highest BCUT2D eigenvalue weighted by Gasteiger charge is 2.47. The van der Waals surface area contributed by atoms with Crippen LogP contribution in [0.25, 0.3) is 32.9 Å². The van der Waals surface area contributed by atoms with Gasteiger partial charge in [-0.15, -0.1) is 19.6 Å². The Morgan fingerprint density at radius 1 is 1.08 bits per heavy atom. The minimum absolute atomic E-state index is 0.0265. The van der Waals surface area contributed by atoms with Crippen molar-refractivity contribution in [2.24, 2.45) is 11.3 Å². The Morgan fingerprint density at radius 3 is 2.65 bits per heavy atom. The first-order valence-corrected chi connectivity index (χ1v) is 17.6. The number of halogens is 5. The number of nitrogens with one attached hydrogen (secondary N) is 1. The third-order valence-electron chi connectivity index (χ3n) is 11.1. The second kappa shape index (κ2) is 12.8. The molecule has 0 unspecified atom stereocenters. The summed E-state index contributed by atoms with van der Waals surface area (Å²) in [5.74, 6) is 1.89. The number of fused-ring (bicyclic) bond motifs is 3. The largest absolute Gasteiger partial charge is 0.522 e. The first kappa shape index (κ1) is 34.0. The van der Waals surface area contributed by atoms with E-state index in [9.17, 15) is 13.2 Å². The molecule has 8 rings (SSSR count). The van der Waals surface area contributed by atoms with Gasteiger partial charge in [-0.2, -0.15) is 9.97 Å². The van der Waals surface area contributed by atoms with Crippen LogP contribution >= 0.6 is 0 Å². The van der Waals surface area contributed by atoms with Crippen molar-refractivity contribution in [3.8, 4) is 29.6 Å². The molecule has 1 saturated carbocycles. The monoisotopic (exact) mass is 706 g/mol. The maximum atomic E-state index is 17.1. The van der Waals surface area contributed by atoms with Crippen LogP contribution in [-0.4, -0.2) is 83.7 Å². The minimum Gasteiger partial charge on any atom is -0.463 e. The van der Waals surface area contributed by atoms with E-state index in [0.29, 0.717) is 65.7 Å². The molecule has 1 N–H and O–H groups in total. The van der Waals surface area contributed by atoms with Crippen molar-refractivity contribution in [2.45, 2.75) is 70.5 Å². The number of aromatic nitrogens is 3. The Hall–Kier alpha value is -4.12. The predicted molar refractivity (Wildman–Crippen MR) is 183 cm³/mol. The molecular formula is C38H39F5N6O2. The van der Waals surface area contributed by atoms with Gasteiger partial charge in [0.05, 0.1) is 29.4 Å². The van der Waals surface area contributed by atoms with E-state index >= 15 is 8.78 Å². The van der Waals surface area contributed by atoms with Crippen molar-refractivity contribution >= 4 is 27.5 Å². The lowest BCUT2D eigenvalue weighted by atomic mass is 9.93. The van der Waals surface area contributed by atoms with E-state index in [2.05, 4.69) is 34.7 Å². The quantitative estimate of drug-likeness (QED) is 0.162. The smallest absolute Gasteiger partial charge is 0.463 e. The number of piperazine rings is 1. The van der Waals surface area contributed by atoms with Crippen LogP contribution in [0.2, 0.25) is 0 Å². The average Bonchev–Trinajstić information content (AvgIpc) is 3.77. The average molecular weight is 707 g/mol. The Bertz CT molecular complexity index is 2050. The molecule has 0 bridgehead atoms. The van der Waals surface area contributed by atoms with Gasteiger partial charge in [0, 0.05) is 61.2 Å². The molecule has 0 amide bonds. The van der Waals surface area contributed by atoms with E-state index in [1.165, 1.54) is 6.07 Å². The molecule has 5 heterocycles. The summed E-state index contributed by atoms with van der Waals surface area (Å²) < 4.78 is 81.2. The van der Waals surface area contributed by atoms with E-state index in [0.717, 1.165) is 25.8 Å². The number of anilines is 1. The molecule has 2 aromatic heterocycles. The second-order valence-corrected chi connectivity index (χ2v) is 14.7. The molecule has 51 heavy (non-hydrogen) atoms. The predicted octanol–water partition coefficient (Wildman–Crippen LogP) is 6.62. The zero-order valence-electron chi connectivity index (χ0n) is 28.5. The molecule has 13 heteroatoms. The van der Waals surface area contributed by atoms with Gasteiger partial charge in [0.2, 0.25) is 0 Å². The van der Waals surface area contributed by atoms with Crippen LogP contribution < -0.4 is 15.0 Å². The Labute approximate surface area is 292 Å². The number of alkyl halides is 3. The fourth-order valence-electron chi connectivity index (χ4n) is 8.24. The highest BCUT2D eigenvalue weighted by atomic mass is 19.4. The summed E-state index contributed by atoms with van der Waals surface area (Å²) in [5.41, 5.74) is 0.883. The van der Waals surface area contributed by atoms with Crippen molar-refractivity contribution in [1.82, 2.24) is 25.2 Å². The highest BCUT2D eigenvalue weighted by molar-refractivity contribution is 6.02. The van der Waals surface area contributed by atoms with Gasteiger partial charge >= 0.3 is 12.4 Å². The normalized spacial score (nSPS) is 24.4. The van der Waals surface area contributed by atoms with E-state index in [-0.39, 0.29) is 59.4 Å². The van der Waals surface area contributed by atoms with Crippen molar-refractivity contribution in [2.75, 3.05) is 44.2 Å². The van der Waals surface area contributed by atoms with Crippen LogP contribution in [0.3, 0.4) is 0 Å². The first-order valence-electron chi connectivity index (χ1n) is 17.6. The molecule has 4 aromatic rings. The standard InChI is InChI=1S/C38H39F5N6O2/c1-4-23-17-49-29(16-44-23)21(3)15-28-31-34(32(40)33(45-28)26-8-6-7-22-9-10-27(39)25(5-2)30(22)26)46-36(47-35(31)49)50-20-37(12-13-37)19-48-14-11-24(18-48)51-38(41,42)43/h2,6-10,21,23-24,29,44H,4,11-20H2,1,3H3/t21-,23+,24-,29+/m0/s1. The third kappa shape index (κ3) is 6.36. The molecule has 0 spiro atoms. The van der Waals surface area contributed by atoms with Crippen molar-refractivity contribution in [3.05, 3.63) is 53.2 Å². The molecule has 8 nitrogen and oxygen atoms in total. The van der Waals surface area contributed by atoms with Gasteiger partial charge in [-0.3, -0.25) is 9.64 Å². The molecule has 0 radical (unpaired) electrons. The maximum absolute atomic E-state index is 17.1. The number of ether oxygens (including phenoxy) is 2. The number of nitrogens with zero attached hydrogens (tertiary/aromatic N) is 5. The van der Waals surface area contributed by atoms with Crippen molar-refractivity contribution < 1.29 is 31.4 Å². The van der Waals surface area contributed by atoms with E-state index in [1.54, 1.807) is 24.3 Å². The van der Waals surface area contributed by atoms with Gasteiger partial charge < -0.3 is 15.0 Å². The van der Waals surface area contributed by atoms with Crippen LogP contribution in [0.15, 0.2) is 30.3 Å². The molecule has 2 saturated heterocycles. The summed E-state index contributed by atoms with van der Waals surface area (Å²) in [6, 6.07) is 8.48. The van der Waals surface area contributed by atoms with Gasteiger partial charge in [-0.25, -0.2) is 13.8 Å². The van der Waals surface area contributed by atoms with E-state index < -0.39 is 24.1 Å². The topological polar surface area (TPSA) is 75.6 Å². The first-order chi connectivity index (χ1) is 24.5. The fourth-order valence-corrected chi connectivity index (χ4v) is 8.24. The molecular weight excluding hydrogens is 667 g/mol. The lowest BCUT2D eigenvalue weighted by Crippen LogP contribution is -2.58. The Kier molecular flexibility index (Phi) is 8.55. The van der Waals surface area contributed by atoms with E-state index in [1.807, 2.05) is 4.90 Å². The van der Waals surface area contributed by atoms with Gasteiger partial charge in [0.1, 0.15) is 22.8 Å². The van der Waals surface area contributed by atoms with Crippen molar-refractivity contribution in [1.29, 1.82) is 0 Å². The van der Waals surface area contributed by atoms with Crippen LogP contribution in [0.1, 0.15) is 50.8 Å². The lowest BCUT2D eigenvalue weighted by molar-refractivity contribution is -0.340. The summed E-state index contributed by atoms with van der Waals surface area (Å²) >= 11 is 0. The Morgan fingerprint density at radius 2 is 1.90 bits per heavy atom. The van der Waals surface area contributed by atoms with Crippen LogP contribution in [0.4, 0.5) is 27.8 Å². The highest BCUT2D eigenvalue weighted by Crippen LogP contribution is 2.48.